The average molecular weight is 340 g/mol. The van der Waals surface area contributed by atoms with Crippen LogP contribution in [0.3, 0.4) is 0 Å². The minimum Gasteiger partial charge on any atom is -0.342 e. The highest BCUT2D eigenvalue weighted by Gasteiger charge is 2.23. The number of hydrogen-bond donors (Lipinski definition) is 0. The zero-order valence-corrected chi connectivity index (χ0v) is 13.2. The molecule has 4 aromatic rings. The van der Waals surface area contributed by atoms with E-state index >= 15 is 0 Å². The lowest BCUT2D eigenvalue weighted by Crippen LogP contribution is -2.33. The number of aromatic nitrogens is 1. The summed E-state index contributed by atoms with van der Waals surface area (Å²) in [6.07, 6.45) is 1.82. The molecule has 1 aromatic heterocycles. The fourth-order valence-corrected chi connectivity index (χ4v) is 3.24. The number of rotatable bonds is 3. The Balaban J connectivity index is 1.87. The normalized spacial score (nSPS) is 11.4. The van der Waals surface area contributed by atoms with E-state index in [1.54, 1.807) is 12.1 Å². The Hall–Kier alpha value is -2.72. The van der Waals surface area contributed by atoms with Crippen LogP contribution in [-0.4, -0.2) is 4.57 Å². The lowest BCUT2D eigenvalue weighted by molar-refractivity contribution is 0.626. The van der Waals surface area contributed by atoms with E-state index in [0.717, 1.165) is 16.5 Å². The first-order valence-electron chi connectivity index (χ1n) is 7.38. The number of hydrogen-bond acceptors (Lipinski definition) is 2. The van der Waals surface area contributed by atoms with Crippen molar-refractivity contribution >= 4 is 22.5 Å². The number of nitrogens with zero attached hydrogens (tertiary/aromatic N) is 1. The van der Waals surface area contributed by atoms with E-state index in [4.69, 9.17) is 11.6 Å². The van der Waals surface area contributed by atoms with Gasteiger partial charge in [-0.05, 0) is 23.8 Å². The van der Waals surface area contributed by atoms with Gasteiger partial charge >= 0.3 is 0 Å². The van der Waals surface area contributed by atoms with Crippen molar-refractivity contribution in [1.29, 1.82) is 0 Å². The van der Waals surface area contributed by atoms with Gasteiger partial charge in [0.15, 0.2) is 0 Å². The van der Waals surface area contributed by atoms with Gasteiger partial charge in [0.05, 0.1) is 5.56 Å². The molecule has 0 bridgehead atoms. The number of para-hydroxylation sites is 1. The molecule has 0 atom stereocenters. The lowest BCUT2D eigenvalue weighted by Gasteiger charge is -2.05. The number of benzene rings is 2. The summed E-state index contributed by atoms with van der Waals surface area (Å²) in [5.74, 6) is -0.285. The Kier molecular flexibility index (Phi) is 3.36. The SMILES string of the molecule is O=c1c(Cl)c(-c2cn(Cc3ccc(F)cc3)c3ccccc23)c1=O. The zero-order chi connectivity index (χ0) is 16.8. The van der Waals surface area contributed by atoms with Gasteiger partial charge in [-0.1, -0.05) is 41.9 Å². The molecule has 0 unspecified atom stereocenters. The Morgan fingerprint density at radius 2 is 1.67 bits per heavy atom. The van der Waals surface area contributed by atoms with Gasteiger partial charge in [0, 0.05) is 29.2 Å². The minimum atomic E-state index is -0.637. The van der Waals surface area contributed by atoms with Crippen LogP contribution in [0.25, 0.3) is 22.0 Å². The quantitative estimate of drug-likeness (QED) is 0.533. The van der Waals surface area contributed by atoms with Crippen LogP contribution < -0.4 is 10.9 Å². The maximum atomic E-state index is 13.1. The van der Waals surface area contributed by atoms with Crippen molar-refractivity contribution in [1.82, 2.24) is 4.57 Å². The Morgan fingerprint density at radius 3 is 2.38 bits per heavy atom. The Morgan fingerprint density at radius 1 is 0.958 bits per heavy atom. The molecule has 1 heterocycles. The number of halogens is 2. The van der Waals surface area contributed by atoms with Crippen molar-refractivity contribution in [3.8, 4) is 11.1 Å². The molecule has 118 valence electrons. The molecule has 0 amide bonds. The summed E-state index contributed by atoms with van der Waals surface area (Å²) >= 11 is 5.94. The summed E-state index contributed by atoms with van der Waals surface area (Å²) in [4.78, 5) is 23.3. The van der Waals surface area contributed by atoms with Gasteiger partial charge in [0.1, 0.15) is 10.8 Å². The molecule has 0 aliphatic rings. The minimum absolute atomic E-state index is 0.00955. The highest BCUT2D eigenvalue weighted by atomic mass is 35.5. The first kappa shape index (κ1) is 14.8. The van der Waals surface area contributed by atoms with Crippen LogP contribution in [0.15, 0.2) is 64.3 Å². The summed E-state index contributed by atoms with van der Waals surface area (Å²) in [6.45, 7) is 0.522. The van der Waals surface area contributed by atoms with Gasteiger partial charge in [-0.25, -0.2) is 4.39 Å². The molecule has 5 heteroatoms. The third-order valence-electron chi connectivity index (χ3n) is 4.18. The van der Waals surface area contributed by atoms with E-state index in [2.05, 4.69) is 0 Å². The van der Waals surface area contributed by atoms with Crippen LogP contribution in [0.5, 0.6) is 0 Å². The highest BCUT2D eigenvalue weighted by molar-refractivity contribution is 6.34. The molecule has 0 aliphatic carbocycles. The van der Waals surface area contributed by atoms with E-state index in [-0.39, 0.29) is 16.4 Å². The molecular formula is C19H11ClFNO2. The second-order valence-electron chi connectivity index (χ2n) is 5.66. The summed E-state index contributed by atoms with van der Waals surface area (Å²) < 4.78 is 15.0. The van der Waals surface area contributed by atoms with E-state index in [1.807, 2.05) is 35.0 Å². The summed E-state index contributed by atoms with van der Waals surface area (Å²) in [5.41, 5.74) is 1.59. The van der Waals surface area contributed by atoms with Crippen LogP contribution in [0, 0.1) is 5.82 Å². The zero-order valence-electron chi connectivity index (χ0n) is 12.4. The van der Waals surface area contributed by atoms with Crippen LogP contribution in [0.2, 0.25) is 5.02 Å². The van der Waals surface area contributed by atoms with Crippen LogP contribution in [0.1, 0.15) is 5.56 Å². The smallest absolute Gasteiger partial charge is 0.245 e. The van der Waals surface area contributed by atoms with Gasteiger partial charge in [0.2, 0.25) is 10.9 Å². The van der Waals surface area contributed by atoms with Crippen molar-refractivity contribution in [3.05, 3.63) is 91.6 Å². The predicted octanol–water partition coefficient (Wildman–Crippen LogP) is 3.75. The summed E-state index contributed by atoms with van der Waals surface area (Å²) in [7, 11) is 0. The average Bonchev–Trinajstić information content (AvgIpc) is 2.95. The van der Waals surface area contributed by atoms with Crippen LogP contribution in [-0.2, 0) is 6.54 Å². The van der Waals surface area contributed by atoms with Crippen molar-refractivity contribution in [2.24, 2.45) is 0 Å². The Labute approximate surface area is 141 Å². The van der Waals surface area contributed by atoms with Crippen LogP contribution in [0.4, 0.5) is 4.39 Å². The molecule has 0 fully saturated rings. The van der Waals surface area contributed by atoms with E-state index in [0.29, 0.717) is 12.1 Å². The third kappa shape index (κ3) is 2.19. The van der Waals surface area contributed by atoms with Gasteiger partial charge in [-0.2, -0.15) is 0 Å². The molecule has 24 heavy (non-hydrogen) atoms. The molecule has 0 N–H and O–H groups in total. The first-order valence-corrected chi connectivity index (χ1v) is 7.75. The largest absolute Gasteiger partial charge is 0.342 e. The molecule has 3 aromatic carbocycles. The van der Waals surface area contributed by atoms with E-state index in [9.17, 15) is 14.0 Å². The van der Waals surface area contributed by atoms with Crippen molar-refractivity contribution in [2.45, 2.75) is 6.54 Å². The van der Waals surface area contributed by atoms with Gasteiger partial charge in [-0.15, -0.1) is 0 Å². The summed E-state index contributed by atoms with van der Waals surface area (Å²) in [6, 6.07) is 13.8. The summed E-state index contributed by atoms with van der Waals surface area (Å²) in [5, 5.41) is 0.846. The van der Waals surface area contributed by atoms with Crippen molar-refractivity contribution < 1.29 is 4.39 Å². The fourth-order valence-electron chi connectivity index (χ4n) is 2.97. The second kappa shape index (κ2) is 5.42. The van der Waals surface area contributed by atoms with Gasteiger partial charge in [0.25, 0.3) is 0 Å². The Bertz CT molecular complexity index is 1130. The van der Waals surface area contributed by atoms with Gasteiger partial charge < -0.3 is 4.57 Å². The van der Waals surface area contributed by atoms with Crippen LogP contribution >= 0.6 is 11.6 Å². The molecule has 0 radical (unpaired) electrons. The highest BCUT2D eigenvalue weighted by Crippen LogP contribution is 2.32. The molecule has 4 rings (SSSR count). The molecule has 0 saturated heterocycles. The number of fused-ring (bicyclic) bond motifs is 1. The monoisotopic (exact) mass is 339 g/mol. The third-order valence-corrected chi connectivity index (χ3v) is 4.54. The lowest BCUT2D eigenvalue weighted by atomic mass is 10.0. The maximum Gasteiger partial charge on any atom is 0.245 e. The molecule has 0 saturated carbocycles. The molecule has 3 nitrogen and oxygen atoms in total. The van der Waals surface area contributed by atoms with Gasteiger partial charge in [-0.3, -0.25) is 9.59 Å². The van der Waals surface area contributed by atoms with Crippen molar-refractivity contribution in [2.75, 3.05) is 0 Å². The fraction of sp³-hybridized carbons (Fsp3) is 0.0526. The second-order valence-corrected chi connectivity index (χ2v) is 6.04. The molecule has 0 aliphatic heterocycles. The topological polar surface area (TPSA) is 39.1 Å². The standard InChI is InChI=1S/C19H11ClFNO2/c20-17-16(18(23)19(17)24)14-10-22(15-4-2-1-3-13(14)15)9-11-5-7-12(21)8-6-11/h1-8,10H,9H2. The maximum absolute atomic E-state index is 13.1. The predicted molar refractivity (Wildman–Crippen MR) is 92.8 cm³/mol. The van der Waals surface area contributed by atoms with E-state index < -0.39 is 10.9 Å². The molecular weight excluding hydrogens is 329 g/mol. The first-order chi connectivity index (χ1) is 11.6. The molecule has 0 spiro atoms. The van der Waals surface area contributed by atoms with E-state index in [1.165, 1.54) is 12.1 Å². The van der Waals surface area contributed by atoms with Crippen molar-refractivity contribution in [3.63, 3.8) is 0 Å².